The lowest BCUT2D eigenvalue weighted by atomic mass is 9.95. The molecule has 5 rings (SSSR count). The first-order valence-corrected chi connectivity index (χ1v) is 16.4. The van der Waals surface area contributed by atoms with E-state index in [0.717, 1.165) is 59.9 Å². The number of hydrogen-bond acceptors (Lipinski definition) is 4. The monoisotopic (exact) mass is 588 g/mol. The van der Waals surface area contributed by atoms with Crippen molar-refractivity contribution in [3.8, 4) is 33.8 Å². The molecule has 1 aliphatic carbocycles. The van der Waals surface area contributed by atoms with Crippen molar-refractivity contribution < 1.29 is 10.2 Å². The van der Waals surface area contributed by atoms with Gasteiger partial charge in [-0.15, -0.1) is 0 Å². The maximum Gasteiger partial charge on any atom is 0.132 e. The number of unbranched alkanes of at least 4 members (excludes halogenated alkanes) is 2. The molecule has 0 unspecified atom stereocenters. The van der Waals surface area contributed by atoms with Gasteiger partial charge in [-0.25, -0.2) is 0 Å². The number of nitrogens with zero attached hydrogens (tertiary/aromatic N) is 1. The van der Waals surface area contributed by atoms with Crippen LogP contribution in [0.5, 0.6) is 11.5 Å². The van der Waals surface area contributed by atoms with E-state index in [0.29, 0.717) is 17.4 Å². The Bertz CT molecular complexity index is 1490. The highest BCUT2D eigenvalue weighted by atomic mass is 16.3. The van der Waals surface area contributed by atoms with Crippen molar-refractivity contribution in [3.63, 3.8) is 0 Å². The van der Waals surface area contributed by atoms with E-state index in [9.17, 15) is 10.2 Å². The van der Waals surface area contributed by atoms with E-state index in [4.69, 9.17) is 10.4 Å². The predicted octanol–water partition coefficient (Wildman–Crippen LogP) is 10.6. The zero-order chi connectivity index (χ0) is 31.1. The second-order valence-corrected chi connectivity index (χ2v) is 11.8. The predicted molar refractivity (Wildman–Crippen MR) is 187 cm³/mol. The molecule has 1 saturated carbocycles. The van der Waals surface area contributed by atoms with Crippen molar-refractivity contribution >= 4 is 12.4 Å². The van der Waals surface area contributed by atoms with Gasteiger partial charge in [0, 0.05) is 40.7 Å². The largest absolute Gasteiger partial charge is 0.507 e. The lowest BCUT2D eigenvalue weighted by molar-refractivity contribution is 0.444. The molecule has 0 saturated heterocycles. The first-order valence-electron chi connectivity index (χ1n) is 16.4. The minimum absolute atomic E-state index is 0.196. The Labute approximate surface area is 264 Å². The molecule has 44 heavy (non-hydrogen) atoms. The molecule has 0 atom stereocenters. The lowest BCUT2D eigenvalue weighted by Crippen LogP contribution is -2.09. The van der Waals surface area contributed by atoms with E-state index in [1.165, 1.54) is 55.9 Å². The number of aryl methyl sites for hydroxylation is 2. The Morgan fingerprint density at radius 3 is 1.64 bits per heavy atom. The Morgan fingerprint density at radius 1 is 0.682 bits per heavy atom. The molecule has 4 aromatic carbocycles. The Balaban J connectivity index is 0.000000209. The van der Waals surface area contributed by atoms with E-state index in [-0.39, 0.29) is 5.75 Å². The number of aromatic hydroxyl groups is 2. The van der Waals surface area contributed by atoms with Gasteiger partial charge in [0.15, 0.2) is 0 Å². The number of benzene rings is 4. The number of phenols is 2. The maximum absolute atomic E-state index is 10.8. The summed E-state index contributed by atoms with van der Waals surface area (Å²) >= 11 is 0. The van der Waals surface area contributed by atoms with E-state index in [1.54, 1.807) is 0 Å². The van der Waals surface area contributed by atoms with Gasteiger partial charge in [-0.3, -0.25) is 4.99 Å². The Kier molecular flexibility index (Phi) is 12.8. The van der Waals surface area contributed by atoms with Gasteiger partial charge in [-0.2, -0.15) is 0 Å². The normalized spacial score (nSPS) is 13.4. The van der Waals surface area contributed by atoms with Gasteiger partial charge >= 0.3 is 0 Å². The number of aliphatic imine (C=N–C) groups is 1. The quantitative estimate of drug-likeness (QED) is 0.152. The van der Waals surface area contributed by atoms with Crippen LogP contribution in [-0.4, -0.2) is 28.7 Å². The van der Waals surface area contributed by atoms with Crippen LogP contribution in [0.25, 0.3) is 22.3 Å². The molecular formula is C40H48N2O2. The van der Waals surface area contributed by atoms with Gasteiger partial charge in [0.05, 0.1) is 0 Å². The van der Waals surface area contributed by atoms with Crippen molar-refractivity contribution in [2.75, 3.05) is 0 Å². The molecule has 0 aliphatic heterocycles. The first kappa shape index (κ1) is 32.7. The fourth-order valence-electron chi connectivity index (χ4n) is 5.79. The van der Waals surface area contributed by atoms with Crippen molar-refractivity contribution in [3.05, 3.63) is 107 Å². The van der Waals surface area contributed by atoms with Crippen molar-refractivity contribution in [2.45, 2.75) is 90.5 Å². The zero-order valence-corrected chi connectivity index (χ0v) is 26.4. The SMILES string of the molecule is CCCCc1cc(C=N)c(O)c(-c2ccccc2)c1.CCCCc1cc(C=NC2CCCCC2)c(O)c(-c2ccccc2)c1. The summed E-state index contributed by atoms with van der Waals surface area (Å²) in [5, 5.41) is 28.5. The van der Waals surface area contributed by atoms with Gasteiger partial charge in [-0.05, 0) is 85.0 Å². The molecule has 4 heteroatoms. The van der Waals surface area contributed by atoms with E-state index in [1.807, 2.05) is 66.9 Å². The molecule has 1 aliphatic rings. The molecular weight excluding hydrogens is 540 g/mol. The van der Waals surface area contributed by atoms with Crippen LogP contribution in [0.1, 0.15) is 93.9 Å². The van der Waals surface area contributed by atoms with E-state index < -0.39 is 0 Å². The highest BCUT2D eigenvalue weighted by Gasteiger charge is 2.14. The van der Waals surface area contributed by atoms with Crippen LogP contribution in [-0.2, 0) is 12.8 Å². The fourth-order valence-corrected chi connectivity index (χ4v) is 5.79. The number of nitrogens with one attached hydrogen (secondary N) is 1. The summed E-state index contributed by atoms with van der Waals surface area (Å²) in [6.45, 7) is 4.38. The van der Waals surface area contributed by atoms with Gasteiger partial charge in [0.1, 0.15) is 11.5 Å². The molecule has 0 spiro atoms. The third-order valence-electron chi connectivity index (χ3n) is 8.36. The summed E-state index contributed by atoms with van der Waals surface area (Å²) in [6.07, 6.45) is 16.0. The minimum atomic E-state index is 0.196. The van der Waals surface area contributed by atoms with Crippen LogP contribution < -0.4 is 0 Å². The average Bonchev–Trinajstić information content (AvgIpc) is 3.08. The van der Waals surface area contributed by atoms with E-state index >= 15 is 0 Å². The van der Waals surface area contributed by atoms with Gasteiger partial charge in [-0.1, -0.05) is 107 Å². The van der Waals surface area contributed by atoms with Gasteiger partial charge in [0.2, 0.25) is 0 Å². The summed E-state index contributed by atoms with van der Waals surface area (Å²) in [4.78, 5) is 4.79. The smallest absolute Gasteiger partial charge is 0.132 e. The Hall–Kier alpha value is -4.18. The van der Waals surface area contributed by atoms with Crippen LogP contribution in [0.3, 0.4) is 0 Å². The highest BCUT2D eigenvalue weighted by Crippen LogP contribution is 2.35. The molecule has 1 fully saturated rings. The molecule has 3 N–H and O–H groups in total. The number of rotatable bonds is 11. The second-order valence-electron chi connectivity index (χ2n) is 11.8. The summed E-state index contributed by atoms with van der Waals surface area (Å²) < 4.78 is 0. The molecule has 0 amide bonds. The molecule has 0 radical (unpaired) electrons. The zero-order valence-electron chi connectivity index (χ0n) is 26.4. The van der Waals surface area contributed by atoms with Crippen molar-refractivity contribution in [1.29, 1.82) is 5.41 Å². The summed E-state index contributed by atoms with van der Waals surface area (Å²) in [6, 6.07) is 28.6. The third-order valence-corrected chi connectivity index (χ3v) is 8.36. The molecule has 0 aromatic heterocycles. The maximum atomic E-state index is 10.8. The molecule has 4 aromatic rings. The van der Waals surface area contributed by atoms with Gasteiger partial charge in [0.25, 0.3) is 0 Å². The second kappa shape index (κ2) is 17.2. The summed E-state index contributed by atoms with van der Waals surface area (Å²) in [5.74, 6) is 0.549. The molecule has 0 heterocycles. The van der Waals surface area contributed by atoms with Gasteiger partial charge < -0.3 is 15.6 Å². The van der Waals surface area contributed by atoms with Crippen LogP contribution >= 0.6 is 0 Å². The summed E-state index contributed by atoms with van der Waals surface area (Å²) in [7, 11) is 0. The standard InChI is InChI=1S/C23H29NO.C17H19NO/c1-2-3-10-18-15-20(17-24-21-13-8-5-9-14-21)23(25)22(16-18)19-11-6-4-7-12-19;1-2-3-7-13-10-15(12-18)17(19)16(11-13)14-8-5-4-6-9-14/h4,6-7,11-12,15-17,21,25H,2-3,5,8-10,13-14H2,1H3;4-6,8-12,18-19H,2-3,7H2,1H3. The number of hydrogen-bond donors (Lipinski definition) is 3. The highest BCUT2D eigenvalue weighted by molar-refractivity contribution is 5.89. The summed E-state index contributed by atoms with van der Waals surface area (Å²) in [5.41, 5.74) is 7.69. The van der Waals surface area contributed by atoms with Crippen molar-refractivity contribution in [2.24, 2.45) is 4.99 Å². The molecule has 0 bridgehead atoms. The fraction of sp³-hybridized carbons (Fsp3) is 0.350. The van der Waals surface area contributed by atoms with Crippen LogP contribution in [0.2, 0.25) is 0 Å². The lowest BCUT2D eigenvalue weighted by Gasteiger charge is -2.17. The Morgan fingerprint density at radius 2 is 1.16 bits per heavy atom. The van der Waals surface area contributed by atoms with Crippen LogP contribution in [0.15, 0.2) is 89.9 Å². The number of phenolic OH excluding ortho intramolecular Hbond substituents is 2. The minimum Gasteiger partial charge on any atom is -0.507 e. The molecule has 230 valence electrons. The average molecular weight is 589 g/mol. The third kappa shape index (κ3) is 9.16. The van der Waals surface area contributed by atoms with Crippen molar-refractivity contribution in [1.82, 2.24) is 0 Å². The topological polar surface area (TPSA) is 76.7 Å². The van der Waals surface area contributed by atoms with E-state index in [2.05, 4.69) is 38.1 Å². The van der Waals surface area contributed by atoms with Crippen LogP contribution in [0.4, 0.5) is 0 Å². The first-order chi connectivity index (χ1) is 21.5. The molecule has 4 nitrogen and oxygen atoms in total. The van der Waals surface area contributed by atoms with Crippen LogP contribution in [0, 0.1) is 5.41 Å².